The van der Waals surface area contributed by atoms with E-state index < -0.39 is 4.33 Å². The molecule has 0 atom stereocenters. The van der Waals surface area contributed by atoms with Gasteiger partial charge in [-0.1, -0.05) is 12.1 Å². The van der Waals surface area contributed by atoms with Crippen molar-refractivity contribution in [3.05, 3.63) is 34.4 Å². The van der Waals surface area contributed by atoms with E-state index in [4.69, 9.17) is 0 Å². The summed E-state index contributed by atoms with van der Waals surface area (Å²) in [6.45, 7) is 0. The quantitative estimate of drug-likeness (QED) is 0.451. The molecule has 1 aromatic carbocycles. The number of benzene rings is 1. The predicted molar refractivity (Wildman–Crippen MR) is 48.9 cm³/mol. The van der Waals surface area contributed by atoms with E-state index in [1.54, 1.807) is 6.07 Å². The number of rotatable bonds is 2. The maximum Gasteiger partial charge on any atom is 0.305 e. The van der Waals surface area contributed by atoms with Crippen LogP contribution in [-0.4, -0.2) is 14.3 Å². The summed E-state index contributed by atoms with van der Waals surface area (Å²) in [6, 6.07) is 7.31. The van der Waals surface area contributed by atoms with E-state index in [0.29, 0.717) is 17.1 Å². The summed E-state index contributed by atoms with van der Waals surface area (Å²) in [5.74, 6) is 0. The molecule has 0 radical (unpaired) electrons. The third-order valence-electron chi connectivity index (χ3n) is 1.53. The molecule has 0 fully saturated rings. The van der Waals surface area contributed by atoms with Gasteiger partial charge in [0, 0.05) is 0 Å². The first kappa shape index (κ1) is 8.06. The van der Waals surface area contributed by atoms with Crippen molar-refractivity contribution in [2.45, 2.75) is 5.16 Å². The Bertz CT molecular complexity index is 421. The number of imidazole rings is 1. The summed E-state index contributed by atoms with van der Waals surface area (Å²) in [7, 11) is 0. The lowest BCUT2D eigenvalue weighted by Crippen LogP contribution is -1.83. The van der Waals surface area contributed by atoms with Crippen LogP contribution in [0.3, 0.4) is 0 Å². The smallest absolute Gasteiger partial charge is 0.305 e. The van der Waals surface area contributed by atoms with Crippen molar-refractivity contribution in [1.29, 1.82) is 0 Å². The number of H-pyrrole nitrogens is 1. The zero-order valence-electron chi connectivity index (χ0n) is 6.43. The van der Waals surface area contributed by atoms with Crippen LogP contribution in [0.2, 0.25) is 0 Å². The van der Waals surface area contributed by atoms with Crippen LogP contribution in [0.25, 0.3) is 11.0 Å². The van der Waals surface area contributed by atoms with Gasteiger partial charge in [0.1, 0.15) is 4.33 Å². The van der Waals surface area contributed by atoms with Crippen LogP contribution in [0.5, 0.6) is 0 Å². The van der Waals surface area contributed by atoms with E-state index in [1.165, 1.54) is 0 Å². The minimum absolute atomic E-state index is 0.311. The van der Waals surface area contributed by atoms with E-state index in [2.05, 4.69) is 9.97 Å². The van der Waals surface area contributed by atoms with Crippen LogP contribution in [0, 0.1) is 10.1 Å². The summed E-state index contributed by atoms with van der Waals surface area (Å²) < 4.78 is -0.488. The second-order valence-corrected chi connectivity index (χ2v) is 3.24. The Kier molecular flexibility index (Phi) is 1.90. The van der Waals surface area contributed by atoms with E-state index in [-0.39, 0.29) is 0 Å². The van der Waals surface area contributed by atoms with E-state index in [1.807, 2.05) is 18.2 Å². The molecule has 0 spiro atoms. The molecular weight excluding hydrogens is 190 g/mol. The molecule has 0 unspecified atom stereocenters. The van der Waals surface area contributed by atoms with Crippen molar-refractivity contribution in [3.63, 3.8) is 0 Å². The fraction of sp³-hybridized carbons (Fsp3) is 0. The topological polar surface area (TPSA) is 71.8 Å². The SMILES string of the molecule is O=[N+]([O-])Sc1nc2ccccc2[nH]1. The fourth-order valence-electron chi connectivity index (χ4n) is 1.04. The molecule has 0 saturated carbocycles. The molecule has 0 saturated heterocycles. The number of aromatic nitrogens is 2. The van der Waals surface area contributed by atoms with Gasteiger partial charge < -0.3 is 4.98 Å². The van der Waals surface area contributed by atoms with Crippen LogP contribution >= 0.6 is 11.9 Å². The van der Waals surface area contributed by atoms with Crippen molar-refractivity contribution >= 4 is 23.0 Å². The van der Waals surface area contributed by atoms with Crippen LogP contribution in [0.15, 0.2) is 29.4 Å². The highest BCUT2D eigenvalue weighted by molar-refractivity contribution is 7.93. The van der Waals surface area contributed by atoms with E-state index in [9.17, 15) is 10.1 Å². The second kappa shape index (κ2) is 3.06. The van der Waals surface area contributed by atoms with Crippen molar-refractivity contribution in [1.82, 2.24) is 9.97 Å². The van der Waals surface area contributed by atoms with Crippen LogP contribution in [-0.2, 0) is 0 Å². The number of hydrogen-bond donors (Lipinski definition) is 1. The lowest BCUT2D eigenvalue weighted by atomic mass is 10.3. The highest BCUT2D eigenvalue weighted by atomic mass is 32.2. The zero-order valence-corrected chi connectivity index (χ0v) is 7.25. The van der Waals surface area contributed by atoms with Gasteiger partial charge in [-0.15, -0.1) is 0 Å². The van der Waals surface area contributed by atoms with Crippen molar-refractivity contribution in [2.75, 3.05) is 0 Å². The van der Waals surface area contributed by atoms with E-state index in [0.717, 1.165) is 11.0 Å². The largest absolute Gasteiger partial charge is 0.328 e. The highest BCUT2D eigenvalue weighted by Crippen LogP contribution is 2.18. The minimum atomic E-state index is -0.488. The van der Waals surface area contributed by atoms with Gasteiger partial charge in [0.15, 0.2) is 0 Å². The van der Waals surface area contributed by atoms with Crippen molar-refractivity contribution in [2.24, 2.45) is 0 Å². The summed E-state index contributed by atoms with van der Waals surface area (Å²) in [6.07, 6.45) is 0. The first-order valence-corrected chi connectivity index (χ1v) is 4.30. The molecule has 0 bridgehead atoms. The van der Waals surface area contributed by atoms with E-state index >= 15 is 0 Å². The van der Waals surface area contributed by atoms with Gasteiger partial charge in [0.05, 0.1) is 11.0 Å². The molecule has 0 amide bonds. The normalized spacial score (nSPS) is 10.5. The molecule has 13 heavy (non-hydrogen) atoms. The second-order valence-electron chi connectivity index (χ2n) is 2.37. The molecule has 5 nitrogen and oxygen atoms in total. The maximum atomic E-state index is 10.2. The standard InChI is InChI=1S/C7H5N3O2S/c11-10(12)13-7-8-5-3-1-2-4-6(5)9-7/h1-4H,(H,8,9). The van der Waals surface area contributed by atoms with Crippen LogP contribution in [0.1, 0.15) is 0 Å². The third kappa shape index (κ3) is 1.62. The number of hydrogen-bond acceptors (Lipinski definition) is 4. The van der Waals surface area contributed by atoms with Gasteiger partial charge in [-0.3, -0.25) is 10.1 Å². The Balaban J connectivity index is 2.44. The maximum absolute atomic E-state index is 10.2. The van der Waals surface area contributed by atoms with Gasteiger partial charge in [-0.05, 0) is 12.1 Å². The molecule has 0 aliphatic heterocycles. The van der Waals surface area contributed by atoms with Gasteiger partial charge in [-0.25, -0.2) is 4.98 Å². The number of nitro groups is 1. The lowest BCUT2D eigenvalue weighted by Gasteiger charge is -1.81. The first-order chi connectivity index (χ1) is 6.25. The average molecular weight is 195 g/mol. The summed E-state index contributed by atoms with van der Waals surface area (Å²) >= 11 is 0.480. The number of fused-ring (bicyclic) bond motifs is 1. The third-order valence-corrected chi connectivity index (χ3v) is 2.04. The molecule has 66 valence electrons. The van der Waals surface area contributed by atoms with Gasteiger partial charge in [-0.2, -0.15) is 0 Å². The first-order valence-electron chi connectivity index (χ1n) is 3.53. The molecule has 0 aliphatic rings. The summed E-state index contributed by atoms with van der Waals surface area (Å²) in [5, 5.41) is 10.5. The Morgan fingerprint density at radius 2 is 2.23 bits per heavy atom. The molecular formula is C7H5N3O2S. The van der Waals surface area contributed by atoms with Gasteiger partial charge in [0.2, 0.25) is 5.16 Å². The molecule has 1 aromatic heterocycles. The number of nitrogens with one attached hydrogen (secondary N) is 1. The Labute approximate surface area is 77.5 Å². The lowest BCUT2D eigenvalue weighted by molar-refractivity contribution is -0.284. The Hall–Kier alpha value is -1.56. The van der Waals surface area contributed by atoms with Gasteiger partial charge >= 0.3 is 11.9 Å². The summed E-state index contributed by atoms with van der Waals surface area (Å²) in [5.41, 5.74) is 1.55. The zero-order chi connectivity index (χ0) is 9.26. The van der Waals surface area contributed by atoms with Crippen LogP contribution < -0.4 is 0 Å². The monoisotopic (exact) mass is 195 g/mol. The fourth-order valence-corrected chi connectivity index (χ4v) is 1.48. The highest BCUT2D eigenvalue weighted by Gasteiger charge is 2.10. The number of aromatic amines is 1. The van der Waals surface area contributed by atoms with Crippen molar-refractivity contribution in [3.8, 4) is 0 Å². The van der Waals surface area contributed by atoms with Crippen molar-refractivity contribution < 1.29 is 4.33 Å². The number of nitrogens with zero attached hydrogens (tertiary/aromatic N) is 2. The Morgan fingerprint density at radius 1 is 1.46 bits per heavy atom. The molecule has 1 heterocycles. The van der Waals surface area contributed by atoms with Crippen LogP contribution in [0.4, 0.5) is 0 Å². The Morgan fingerprint density at radius 3 is 2.92 bits per heavy atom. The molecule has 1 N–H and O–H groups in total. The molecule has 2 aromatic rings. The average Bonchev–Trinajstić information content (AvgIpc) is 2.44. The van der Waals surface area contributed by atoms with Gasteiger partial charge in [0.25, 0.3) is 0 Å². The number of para-hydroxylation sites is 2. The molecule has 2 rings (SSSR count). The molecule has 0 aliphatic carbocycles. The summed E-state index contributed by atoms with van der Waals surface area (Å²) in [4.78, 5) is 17.0. The predicted octanol–water partition coefficient (Wildman–Crippen LogP) is 1.85. The molecule has 6 heteroatoms. The minimum Gasteiger partial charge on any atom is -0.328 e.